The van der Waals surface area contributed by atoms with E-state index in [1.165, 1.54) is 17.0 Å². The van der Waals surface area contributed by atoms with Crippen LogP contribution in [-0.2, 0) is 15.8 Å². The number of carbonyl (C=O) groups is 1. The zero-order valence-electron chi connectivity index (χ0n) is 17.5. The van der Waals surface area contributed by atoms with Gasteiger partial charge in [0, 0.05) is 25.1 Å². The van der Waals surface area contributed by atoms with Crippen LogP contribution in [0.2, 0.25) is 18.1 Å². The Morgan fingerprint density at radius 3 is 2.41 bits per heavy atom. The van der Waals surface area contributed by atoms with Gasteiger partial charge in [0.25, 0.3) is 5.69 Å². The van der Waals surface area contributed by atoms with E-state index in [0.29, 0.717) is 18.5 Å². The maximum Gasteiger partial charge on any atom is 0.410 e. The molecule has 0 saturated carbocycles. The SMILES string of the molecule is CC(C)(C)[Si](C)(C)OC1CC(C(N)=S)N(C(=O)OCc2ccc([N+](=O)[O-])cc2)C1. The molecule has 1 aromatic carbocycles. The lowest BCUT2D eigenvalue weighted by Gasteiger charge is -2.38. The van der Waals surface area contributed by atoms with Gasteiger partial charge in [-0.3, -0.25) is 15.0 Å². The minimum absolute atomic E-state index is 0.00510. The van der Waals surface area contributed by atoms with Crippen molar-refractivity contribution in [3.63, 3.8) is 0 Å². The number of nitrogens with zero attached hydrogens (tertiary/aromatic N) is 2. The van der Waals surface area contributed by atoms with Gasteiger partial charge in [-0.1, -0.05) is 33.0 Å². The molecular weight excluding hydrogens is 410 g/mol. The number of nitrogens with two attached hydrogens (primary N) is 1. The average molecular weight is 440 g/mol. The molecular formula is C19H29N3O5SSi. The van der Waals surface area contributed by atoms with Crippen LogP contribution in [-0.4, -0.2) is 47.9 Å². The summed E-state index contributed by atoms with van der Waals surface area (Å²) in [6, 6.07) is 5.46. The van der Waals surface area contributed by atoms with Crippen molar-refractivity contribution in [3.05, 3.63) is 39.9 Å². The van der Waals surface area contributed by atoms with Crippen molar-refractivity contribution in [3.8, 4) is 0 Å². The van der Waals surface area contributed by atoms with Gasteiger partial charge in [0.2, 0.25) is 0 Å². The number of thiocarbonyl (C=S) groups is 1. The second kappa shape index (κ2) is 8.76. The maximum absolute atomic E-state index is 12.7. The molecule has 2 atom stereocenters. The van der Waals surface area contributed by atoms with E-state index < -0.39 is 25.4 Å². The predicted molar refractivity (Wildman–Crippen MR) is 117 cm³/mol. The summed E-state index contributed by atoms with van der Waals surface area (Å²) in [4.78, 5) is 24.7. The Bertz CT molecular complexity index is 779. The number of hydrogen-bond donors (Lipinski definition) is 1. The molecule has 1 fully saturated rings. The van der Waals surface area contributed by atoms with Crippen molar-refractivity contribution in [2.75, 3.05) is 6.54 Å². The number of likely N-dealkylation sites (tertiary alicyclic amines) is 1. The molecule has 0 spiro atoms. The zero-order valence-corrected chi connectivity index (χ0v) is 19.3. The number of nitro benzene ring substituents is 1. The Kier molecular flexibility index (Phi) is 7.02. The third kappa shape index (κ3) is 5.74. The molecule has 0 aliphatic carbocycles. The molecule has 1 aromatic rings. The molecule has 1 heterocycles. The highest BCUT2D eigenvalue weighted by Gasteiger charge is 2.44. The van der Waals surface area contributed by atoms with Crippen LogP contribution in [0.25, 0.3) is 0 Å². The number of rotatable bonds is 6. The van der Waals surface area contributed by atoms with Crippen LogP contribution in [0.5, 0.6) is 0 Å². The molecule has 160 valence electrons. The molecule has 2 rings (SSSR count). The fourth-order valence-electron chi connectivity index (χ4n) is 2.89. The van der Waals surface area contributed by atoms with Crippen LogP contribution >= 0.6 is 12.2 Å². The van der Waals surface area contributed by atoms with E-state index in [-0.39, 0.29) is 28.4 Å². The molecule has 1 saturated heterocycles. The van der Waals surface area contributed by atoms with Crippen LogP contribution in [0.3, 0.4) is 0 Å². The van der Waals surface area contributed by atoms with Crippen molar-refractivity contribution < 1.29 is 18.9 Å². The zero-order chi connectivity index (χ0) is 22.0. The summed E-state index contributed by atoms with van der Waals surface area (Å²) in [5.74, 6) is 0. The number of benzene rings is 1. The first-order chi connectivity index (χ1) is 13.3. The summed E-state index contributed by atoms with van der Waals surface area (Å²) in [5, 5.41) is 10.8. The van der Waals surface area contributed by atoms with Crippen LogP contribution in [0.4, 0.5) is 10.5 Å². The number of nitro groups is 1. The Morgan fingerprint density at radius 2 is 1.93 bits per heavy atom. The van der Waals surface area contributed by atoms with E-state index in [2.05, 4.69) is 33.9 Å². The highest BCUT2D eigenvalue weighted by molar-refractivity contribution is 7.80. The second-order valence-electron chi connectivity index (χ2n) is 8.78. The molecule has 10 heteroatoms. The standard InChI is InChI=1S/C19H29N3O5SSi/c1-19(2,3)29(4,5)27-15-10-16(17(20)28)21(11-15)18(23)26-12-13-6-8-14(9-7-13)22(24)25/h6-9,15-16H,10-12H2,1-5H3,(H2,20,28). The summed E-state index contributed by atoms with van der Waals surface area (Å²) in [6.45, 7) is 11.2. The van der Waals surface area contributed by atoms with E-state index in [0.717, 1.165) is 0 Å². The summed E-state index contributed by atoms with van der Waals surface area (Å²) in [5.41, 5.74) is 6.51. The van der Waals surface area contributed by atoms with Crippen LogP contribution in [0.15, 0.2) is 24.3 Å². The molecule has 0 aromatic heterocycles. The molecule has 1 amide bonds. The highest BCUT2D eigenvalue weighted by Crippen LogP contribution is 2.39. The lowest BCUT2D eigenvalue weighted by atomic mass is 10.2. The van der Waals surface area contributed by atoms with E-state index in [4.69, 9.17) is 27.1 Å². The first-order valence-electron chi connectivity index (χ1n) is 9.45. The third-order valence-corrected chi connectivity index (χ3v) is 10.4. The lowest BCUT2D eigenvalue weighted by molar-refractivity contribution is -0.384. The number of amides is 1. The molecule has 8 nitrogen and oxygen atoms in total. The van der Waals surface area contributed by atoms with Crippen molar-refractivity contribution in [1.29, 1.82) is 0 Å². The van der Waals surface area contributed by atoms with Gasteiger partial charge in [0.1, 0.15) is 6.61 Å². The smallest absolute Gasteiger partial charge is 0.410 e. The van der Waals surface area contributed by atoms with Crippen molar-refractivity contribution in [2.45, 2.75) is 64.1 Å². The minimum atomic E-state index is -2.00. The van der Waals surface area contributed by atoms with Crippen molar-refractivity contribution >= 4 is 37.3 Å². The fourth-order valence-corrected chi connectivity index (χ4v) is 4.47. The summed E-state index contributed by atoms with van der Waals surface area (Å²) in [7, 11) is -2.00. The van der Waals surface area contributed by atoms with Gasteiger partial charge in [0.15, 0.2) is 8.32 Å². The highest BCUT2D eigenvalue weighted by atomic mass is 32.1. The number of hydrogen-bond acceptors (Lipinski definition) is 6. The summed E-state index contributed by atoms with van der Waals surface area (Å²) in [6.07, 6.45) is -0.120. The van der Waals surface area contributed by atoms with Crippen molar-refractivity contribution in [2.24, 2.45) is 5.73 Å². The van der Waals surface area contributed by atoms with Crippen LogP contribution in [0.1, 0.15) is 32.8 Å². The Labute approximate surface area is 177 Å². The molecule has 2 N–H and O–H groups in total. The summed E-state index contributed by atoms with van der Waals surface area (Å²) < 4.78 is 11.8. The van der Waals surface area contributed by atoms with Gasteiger partial charge in [-0.15, -0.1) is 0 Å². The fraction of sp³-hybridized carbons (Fsp3) is 0.579. The van der Waals surface area contributed by atoms with Gasteiger partial charge in [-0.25, -0.2) is 4.79 Å². The van der Waals surface area contributed by atoms with Gasteiger partial charge in [0.05, 0.1) is 22.1 Å². The molecule has 1 aliphatic rings. The van der Waals surface area contributed by atoms with E-state index in [1.54, 1.807) is 12.1 Å². The topological polar surface area (TPSA) is 108 Å². The van der Waals surface area contributed by atoms with Gasteiger partial charge < -0.3 is 14.9 Å². The molecule has 1 aliphatic heterocycles. The third-order valence-electron chi connectivity index (χ3n) is 5.60. The number of non-ortho nitro benzene ring substituents is 1. The van der Waals surface area contributed by atoms with Crippen LogP contribution in [0, 0.1) is 10.1 Å². The molecule has 0 radical (unpaired) electrons. The first-order valence-corrected chi connectivity index (χ1v) is 12.8. The lowest BCUT2D eigenvalue weighted by Crippen LogP contribution is -2.45. The van der Waals surface area contributed by atoms with E-state index in [1.807, 2.05) is 0 Å². The summed E-state index contributed by atoms with van der Waals surface area (Å²) >= 11 is 5.16. The molecule has 0 bridgehead atoms. The van der Waals surface area contributed by atoms with Gasteiger partial charge in [-0.2, -0.15) is 0 Å². The van der Waals surface area contributed by atoms with Crippen molar-refractivity contribution in [1.82, 2.24) is 4.90 Å². The normalized spacial score (nSPS) is 19.8. The molecule has 2 unspecified atom stereocenters. The van der Waals surface area contributed by atoms with Gasteiger partial charge >= 0.3 is 6.09 Å². The molecule has 29 heavy (non-hydrogen) atoms. The minimum Gasteiger partial charge on any atom is -0.445 e. The van der Waals surface area contributed by atoms with E-state index >= 15 is 0 Å². The largest absolute Gasteiger partial charge is 0.445 e. The Hall–Kier alpha value is -2.04. The maximum atomic E-state index is 12.7. The predicted octanol–water partition coefficient (Wildman–Crippen LogP) is 3.98. The second-order valence-corrected chi connectivity index (χ2v) is 14.0. The Morgan fingerprint density at radius 1 is 1.34 bits per heavy atom. The number of ether oxygens (including phenoxy) is 1. The van der Waals surface area contributed by atoms with E-state index in [9.17, 15) is 14.9 Å². The van der Waals surface area contributed by atoms with Crippen LogP contribution < -0.4 is 5.73 Å². The number of carbonyl (C=O) groups excluding carboxylic acids is 1. The average Bonchev–Trinajstić information content (AvgIpc) is 3.02. The Balaban J connectivity index is 2.02. The monoisotopic (exact) mass is 439 g/mol. The van der Waals surface area contributed by atoms with Gasteiger partial charge in [-0.05, 0) is 35.8 Å². The quantitative estimate of drug-likeness (QED) is 0.309. The first kappa shape index (κ1) is 23.2.